The van der Waals surface area contributed by atoms with Gasteiger partial charge in [0.2, 0.25) is 0 Å². The normalized spacial score (nSPS) is 37.5. The maximum Gasteiger partial charge on any atom is 0.412 e. The number of ether oxygens (including phenoxy) is 13. The molecular weight excluding hydrogens is 1340 g/mol. The molecule has 10 rings (SSSR count). The zero-order valence-electron chi connectivity index (χ0n) is 51.3. The lowest BCUT2D eigenvalue weighted by Gasteiger charge is -2.60. The average molecular weight is 1410 g/mol. The van der Waals surface area contributed by atoms with Crippen LogP contribution in [0.3, 0.4) is 0 Å². The Kier molecular flexibility index (Phi) is 23.0. The molecule has 22 atom stereocenters. The van der Waals surface area contributed by atoms with E-state index in [4.69, 9.17) is 120 Å². The number of ketones is 1. The predicted octanol–water partition coefficient (Wildman–Crippen LogP) is 9.36. The molecule has 2 amide bonds. The Labute approximate surface area is 560 Å². The van der Waals surface area contributed by atoms with Crippen molar-refractivity contribution in [1.29, 1.82) is 0 Å². The molecule has 30 heteroatoms. The van der Waals surface area contributed by atoms with E-state index in [2.05, 4.69) is 38.3 Å². The molecular formula is C63H75Cl5F2N2O21. The number of anilines is 2. The van der Waals surface area contributed by atoms with Crippen molar-refractivity contribution in [2.75, 3.05) is 59.9 Å². The van der Waals surface area contributed by atoms with Crippen molar-refractivity contribution in [3.8, 4) is 0 Å². The summed E-state index contributed by atoms with van der Waals surface area (Å²) < 4.78 is 109. The zero-order chi connectivity index (χ0) is 66.7. The maximum atomic E-state index is 15.0. The van der Waals surface area contributed by atoms with Gasteiger partial charge < -0.3 is 61.6 Å². The molecule has 4 saturated carbocycles. The number of rotatable bonds is 20. The Balaban J connectivity index is 0.949. The summed E-state index contributed by atoms with van der Waals surface area (Å²) in [5.74, 6) is -10.7. The van der Waals surface area contributed by atoms with Crippen LogP contribution in [0.15, 0.2) is 48.5 Å². The first-order valence-electron chi connectivity index (χ1n) is 31.1. The van der Waals surface area contributed by atoms with Crippen molar-refractivity contribution in [3.63, 3.8) is 0 Å². The van der Waals surface area contributed by atoms with Gasteiger partial charge >= 0.3 is 42.0 Å². The van der Waals surface area contributed by atoms with Gasteiger partial charge in [-0.25, -0.2) is 18.4 Å². The Hall–Kier alpha value is -4.93. The van der Waals surface area contributed by atoms with Crippen molar-refractivity contribution in [2.24, 2.45) is 52.3 Å². The minimum atomic E-state index is -2.20. The summed E-state index contributed by atoms with van der Waals surface area (Å²) in [5.41, 5.74) is -0.904. The van der Waals surface area contributed by atoms with Crippen LogP contribution in [-0.4, -0.2) is 176 Å². The smallest absolute Gasteiger partial charge is 0.412 e. The molecule has 4 saturated heterocycles. The second-order valence-electron chi connectivity index (χ2n) is 25.8. The highest BCUT2D eigenvalue weighted by Crippen LogP contribution is 2.71. The minimum absolute atomic E-state index is 0.0167. The Morgan fingerprint density at radius 1 is 0.602 bits per heavy atom. The molecule has 23 nitrogen and oxygen atoms in total. The zero-order valence-corrected chi connectivity index (χ0v) is 55.1. The number of hydrogen-bond acceptors (Lipinski definition) is 21. The van der Waals surface area contributed by atoms with Crippen LogP contribution in [-0.2, 0) is 90.3 Å². The first-order chi connectivity index (χ1) is 44.4. The Morgan fingerprint density at radius 2 is 1.15 bits per heavy atom. The molecule has 0 aromatic heterocycles. The van der Waals surface area contributed by atoms with Crippen LogP contribution < -0.4 is 10.6 Å². The molecule has 2 aromatic carbocycles. The van der Waals surface area contributed by atoms with Gasteiger partial charge in [0.15, 0.2) is 48.9 Å². The molecule has 3 unspecified atom stereocenters. The summed E-state index contributed by atoms with van der Waals surface area (Å²) in [4.78, 5) is 109. The standard InChI is InChI=1S/C63H75Cl5F2N2O21/c1-30-13-16-63(83-27-30)31(2)49-41(93-63)20-39-38-12-11-32-17-37(14-15-61(32,3)50(38)40(73)21-62(39,49)4)84-57-55(89-47(77)25-67)53(87-45(75)23-65)51(42(85-57)28-81-44(74)22-64)91-58-56(90-48(78)26-68)54(88-46(76)24-66)52(92-60(80)72-36-10-6-8-34(70)19-36)43(86-58)29-82-59(79)71-35-9-5-7-33(69)18-35/h5-10,18-19,30-32,37-39,41-43,49-58H,11-17,20-29H2,1-4H3,(H,71,79)(H,72,80)/t30-,31?,32+,37+,38+,39+,41?,42-,43-,49?,50-,51-,52-,53+,54+,55-,56-,57-,58+,61+,62+,63-/m1/s1. The molecule has 2 N–H and O–H groups in total. The highest BCUT2D eigenvalue weighted by atomic mass is 35.5. The van der Waals surface area contributed by atoms with Gasteiger partial charge in [-0.2, -0.15) is 0 Å². The molecule has 512 valence electrons. The van der Waals surface area contributed by atoms with Crippen LogP contribution in [0.5, 0.6) is 0 Å². The summed E-state index contributed by atoms with van der Waals surface area (Å²) in [6.07, 6.45) is -16.7. The monoisotopic (exact) mass is 1410 g/mol. The molecule has 2 aromatic rings. The molecule has 4 heterocycles. The fourth-order valence-electron chi connectivity index (χ4n) is 16.3. The summed E-state index contributed by atoms with van der Waals surface area (Å²) in [5, 5.41) is 4.63. The predicted molar refractivity (Wildman–Crippen MR) is 325 cm³/mol. The van der Waals surface area contributed by atoms with Gasteiger partial charge in [-0.15, -0.1) is 58.0 Å². The van der Waals surface area contributed by atoms with E-state index in [-0.39, 0.29) is 64.2 Å². The molecule has 4 aliphatic carbocycles. The number of amides is 2. The van der Waals surface area contributed by atoms with Crippen molar-refractivity contribution in [3.05, 3.63) is 60.2 Å². The fourth-order valence-corrected chi connectivity index (χ4v) is 16.6. The van der Waals surface area contributed by atoms with Crippen molar-refractivity contribution in [2.45, 2.75) is 165 Å². The summed E-state index contributed by atoms with van der Waals surface area (Å²) >= 11 is 30.1. The quantitative estimate of drug-likeness (QED) is 0.0540. The second kappa shape index (κ2) is 30.2. The van der Waals surface area contributed by atoms with Crippen molar-refractivity contribution >= 4 is 117 Å². The van der Waals surface area contributed by atoms with E-state index < -0.39 is 175 Å². The minimum Gasteiger partial charge on any atom is -0.462 e. The summed E-state index contributed by atoms with van der Waals surface area (Å²) in [6.45, 7) is 7.79. The summed E-state index contributed by atoms with van der Waals surface area (Å²) in [7, 11) is 0. The van der Waals surface area contributed by atoms with E-state index in [1.54, 1.807) is 0 Å². The largest absolute Gasteiger partial charge is 0.462 e. The van der Waals surface area contributed by atoms with Crippen LogP contribution in [0, 0.1) is 63.9 Å². The van der Waals surface area contributed by atoms with E-state index in [9.17, 15) is 42.3 Å². The van der Waals surface area contributed by atoms with Crippen LogP contribution in [0.1, 0.15) is 85.5 Å². The maximum absolute atomic E-state index is 15.0. The Morgan fingerprint density at radius 3 is 1.72 bits per heavy atom. The number of esters is 5. The number of carbonyl (C=O) groups is 8. The van der Waals surface area contributed by atoms with Crippen molar-refractivity contribution in [1.82, 2.24) is 0 Å². The number of benzene rings is 2. The Bertz CT molecular complexity index is 3080. The van der Waals surface area contributed by atoms with E-state index in [1.807, 2.05) is 0 Å². The second-order valence-corrected chi connectivity index (χ2v) is 27.1. The number of alkyl halides is 5. The number of carbonyl (C=O) groups excluding carboxylic acids is 8. The van der Waals surface area contributed by atoms with E-state index in [0.717, 1.165) is 56.4 Å². The number of Topliss-reactive ketones (excluding diaryl/α,β-unsaturated/α-hetero) is 1. The lowest BCUT2D eigenvalue weighted by molar-refractivity contribution is -0.364. The van der Waals surface area contributed by atoms with Gasteiger partial charge in [-0.05, 0) is 122 Å². The van der Waals surface area contributed by atoms with Crippen LogP contribution in [0.25, 0.3) is 0 Å². The lowest BCUT2D eigenvalue weighted by Crippen LogP contribution is -2.68. The molecule has 0 radical (unpaired) electrons. The third kappa shape index (κ3) is 15.4. The molecule has 4 aliphatic heterocycles. The molecule has 0 bridgehead atoms. The number of hydrogen-bond donors (Lipinski definition) is 2. The number of halogens is 7. The number of nitrogens with one attached hydrogen (secondary N) is 2. The molecule has 8 fully saturated rings. The van der Waals surface area contributed by atoms with Crippen LogP contribution >= 0.6 is 58.0 Å². The van der Waals surface area contributed by atoms with E-state index in [1.165, 1.54) is 24.3 Å². The SMILES string of the molecule is CC1C2C(C[C@H]3[C@@H]4CC[C@H]5C[C@@H](O[C@@H]6O[C@H](COC(=O)CCl)[C@@H](O[C@@H]7O[C@H](COC(=O)Nc8cccc(F)c8)[C@@H](OC(=O)Nc8cccc(F)c8)[C@H](OC(=O)CCl)[C@H]7OC(=O)CCl)[C@H](OC(=O)CCl)[C@H]6OC(=O)CCl)CC[C@]5(C)[C@H]4C(=O)C[C@]23C)O[C@]12CC[C@@H](C)CO2. The lowest BCUT2D eigenvalue weighted by atomic mass is 9.44. The van der Waals surface area contributed by atoms with Gasteiger partial charge in [-0.3, -0.25) is 39.4 Å². The van der Waals surface area contributed by atoms with Crippen LogP contribution in [0.2, 0.25) is 0 Å². The molecule has 1 spiro atoms. The first kappa shape index (κ1) is 70.9. The van der Waals surface area contributed by atoms with Gasteiger partial charge in [0.25, 0.3) is 0 Å². The molecule has 93 heavy (non-hydrogen) atoms. The topological polar surface area (TPSA) is 281 Å². The van der Waals surface area contributed by atoms with Crippen molar-refractivity contribution < 1.29 is 109 Å². The highest BCUT2D eigenvalue weighted by Gasteiger charge is 2.71. The van der Waals surface area contributed by atoms with Gasteiger partial charge in [0, 0.05) is 36.1 Å². The van der Waals surface area contributed by atoms with E-state index >= 15 is 4.79 Å². The highest BCUT2D eigenvalue weighted by molar-refractivity contribution is 6.27. The fraction of sp³-hybridized carbons (Fsp3) is 0.683. The van der Waals surface area contributed by atoms with Gasteiger partial charge in [0.05, 0.1) is 18.8 Å². The first-order valence-corrected chi connectivity index (χ1v) is 33.7. The van der Waals surface area contributed by atoms with E-state index in [0.29, 0.717) is 38.2 Å². The summed E-state index contributed by atoms with van der Waals surface area (Å²) in [6, 6.07) is 9.30. The number of fused-ring (bicyclic) bond motifs is 7. The van der Waals surface area contributed by atoms with Crippen LogP contribution in [0.4, 0.5) is 29.7 Å². The molecule has 8 aliphatic rings. The average Bonchev–Trinajstić information content (AvgIpc) is 1.58. The van der Waals surface area contributed by atoms with Gasteiger partial charge in [0.1, 0.15) is 78.3 Å². The van der Waals surface area contributed by atoms with Gasteiger partial charge in [-0.1, -0.05) is 39.8 Å². The third-order valence-corrected chi connectivity index (χ3v) is 21.2. The third-order valence-electron chi connectivity index (χ3n) is 20.2.